The first-order chi connectivity index (χ1) is 14.7. The number of methoxy groups -OCH3 is 1. The summed E-state index contributed by atoms with van der Waals surface area (Å²) in [6, 6.07) is 3.90. The van der Waals surface area contributed by atoms with E-state index in [2.05, 4.69) is 10.3 Å². The van der Waals surface area contributed by atoms with E-state index in [1.807, 2.05) is 11.1 Å². The number of nitrogens with zero attached hydrogens (tertiary/aromatic N) is 2. The van der Waals surface area contributed by atoms with Crippen molar-refractivity contribution in [2.24, 2.45) is 4.99 Å². The molecule has 1 saturated carbocycles. The van der Waals surface area contributed by atoms with Crippen molar-refractivity contribution in [3.05, 3.63) is 17.7 Å². The summed E-state index contributed by atoms with van der Waals surface area (Å²) < 4.78 is 11.4. The van der Waals surface area contributed by atoms with Gasteiger partial charge in [-0.15, -0.1) is 0 Å². The van der Waals surface area contributed by atoms with Gasteiger partial charge in [0.2, 0.25) is 5.91 Å². The summed E-state index contributed by atoms with van der Waals surface area (Å²) in [5, 5.41) is 3.13. The van der Waals surface area contributed by atoms with Crippen LogP contribution in [0.2, 0.25) is 0 Å². The van der Waals surface area contributed by atoms with Crippen molar-refractivity contribution in [3.8, 4) is 11.5 Å². The second kappa shape index (κ2) is 9.49. The third-order valence-corrected chi connectivity index (χ3v) is 6.23. The van der Waals surface area contributed by atoms with Crippen LogP contribution >= 0.6 is 0 Å². The maximum absolute atomic E-state index is 12.9. The first-order valence-corrected chi connectivity index (χ1v) is 11.1. The highest BCUT2D eigenvalue weighted by atomic mass is 16.5. The quantitative estimate of drug-likeness (QED) is 0.693. The van der Waals surface area contributed by atoms with Gasteiger partial charge in [0.15, 0.2) is 11.5 Å². The van der Waals surface area contributed by atoms with Gasteiger partial charge in [-0.1, -0.05) is 19.3 Å². The highest BCUT2D eigenvalue weighted by Crippen LogP contribution is 2.38. The number of hydrogen-bond donors (Lipinski definition) is 1. The van der Waals surface area contributed by atoms with Gasteiger partial charge in [-0.25, -0.2) is 0 Å². The zero-order valence-electron chi connectivity index (χ0n) is 17.7. The minimum Gasteiger partial charge on any atom is -0.493 e. The molecule has 1 aliphatic carbocycles. The molecular formula is C23H31N3O4. The molecule has 0 bridgehead atoms. The van der Waals surface area contributed by atoms with Crippen molar-refractivity contribution in [2.75, 3.05) is 20.3 Å². The average Bonchev–Trinajstić information content (AvgIpc) is 3.19. The molecule has 2 aliphatic heterocycles. The van der Waals surface area contributed by atoms with Gasteiger partial charge in [0.25, 0.3) is 5.91 Å². The Bertz CT molecular complexity index is 817. The van der Waals surface area contributed by atoms with Crippen molar-refractivity contribution < 1.29 is 19.1 Å². The smallest absolute Gasteiger partial charge is 0.256 e. The zero-order chi connectivity index (χ0) is 20.9. The molecule has 2 amide bonds. The molecule has 1 aromatic carbocycles. The molecular weight excluding hydrogens is 382 g/mol. The molecule has 3 aliphatic rings. The largest absolute Gasteiger partial charge is 0.493 e. The lowest BCUT2D eigenvalue weighted by atomic mass is 9.95. The van der Waals surface area contributed by atoms with E-state index in [4.69, 9.17) is 9.47 Å². The number of fused-ring (bicyclic) bond motifs is 2. The van der Waals surface area contributed by atoms with E-state index in [9.17, 15) is 9.59 Å². The Labute approximate surface area is 177 Å². The number of amides is 2. The van der Waals surface area contributed by atoms with Crippen LogP contribution in [0.25, 0.3) is 0 Å². The van der Waals surface area contributed by atoms with Gasteiger partial charge in [-0.05, 0) is 38.2 Å². The third-order valence-electron chi connectivity index (χ3n) is 6.23. The maximum Gasteiger partial charge on any atom is 0.256 e. The van der Waals surface area contributed by atoms with E-state index >= 15 is 0 Å². The summed E-state index contributed by atoms with van der Waals surface area (Å²) in [7, 11) is 1.56. The second-order valence-corrected chi connectivity index (χ2v) is 8.36. The number of hydrogen-bond acceptors (Lipinski definition) is 5. The van der Waals surface area contributed by atoms with Gasteiger partial charge in [0, 0.05) is 31.3 Å². The molecule has 30 heavy (non-hydrogen) atoms. The van der Waals surface area contributed by atoms with E-state index in [0.29, 0.717) is 48.2 Å². The molecule has 0 radical (unpaired) electrons. The number of aliphatic imine (C=N–C) groups is 1. The van der Waals surface area contributed by atoms with E-state index < -0.39 is 0 Å². The standard InChI is InChI=1S/C23H31N3O4/c1-29-20-13-18-19(24-15-17-9-5-11-26(17)23(18)28)14-21(20)30-12-6-10-22(27)25-16-7-3-2-4-8-16/h13-17H,2-12H2,1H3,(H,25,27)/t17-/m0/s1. The van der Waals surface area contributed by atoms with Crippen LogP contribution in [-0.2, 0) is 4.79 Å². The number of nitrogens with one attached hydrogen (secondary N) is 1. The molecule has 0 aromatic heterocycles. The minimum absolute atomic E-state index is 0.00534. The molecule has 0 spiro atoms. The first kappa shape index (κ1) is 20.7. The Morgan fingerprint density at radius 1 is 1.17 bits per heavy atom. The molecule has 7 heteroatoms. The van der Waals surface area contributed by atoms with Crippen molar-refractivity contribution in [3.63, 3.8) is 0 Å². The van der Waals surface area contributed by atoms with Crippen LogP contribution < -0.4 is 14.8 Å². The molecule has 0 unspecified atom stereocenters. The molecule has 7 nitrogen and oxygen atoms in total. The number of rotatable bonds is 7. The monoisotopic (exact) mass is 413 g/mol. The summed E-state index contributed by atoms with van der Waals surface area (Å²) >= 11 is 0. The lowest BCUT2D eigenvalue weighted by molar-refractivity contribution is -0.122. The highest BCUT2D eigenvalue weighted by molar-refractivity contribution is 6.03. The lowest BCUT2D eigenvalue weighted by Gasteiger charge is -2.22. The van der Waals surface area contributed by atoms with Crippen LogP contribution in [0.4, 0.5) is 5.69 Å². The van der Waals surface area contributed by atoms with Gasteiger partial charge in [0.1, 0.15) is 0 Å². The van der Waals surface area contributed by atoms with Gasteiger partial charge >= 0.3 is 0 Å². The van der Waals surface area contributed by atoms with E-state index in [0.717, 1.165) is 32.2 Å². The van der Waals surface area contributed by atoms with E-state index in [-0.39, 0.29) is 17.9 Å². The van der Waals surface area contributed by atoms with Crippen LogP contribution in [0.15, 0.2) is 17.1 Å². The Morgan fingerprint density at radius 3 is 2.80 bits per heavy atom. The molecule has 2 heterocycles. The summed E-state index contributed by atoms with van der Waals surface area (Å²) in [6.07, 6.45) is 10.7. The Hall–Kier alpha value is -2.57. The first-order valence-electron chi connectivity index (χ1n) is 11.1. The number of benzene rings is 1. The summed E-state index contributed by atoms with van der Waals surface area (Å²) in [5.74, 6) is 1.15. The van der Waals surface area contributed by atoms with Crippen LogP contribution in [0, 0.1) is 0 Å². The molecule has 162 valence electrons. The number of carbonyl (C=O) groups is 2. The average molecular weight is 414 g/mol. The molecule has 4 rings (SSSR count). The van der Waals surface area contributed by atoms with Crippen molar-refractivity contribution in [2.45, 2.75) is 69.9 Å². The normalized spacial score (nSPS) is 21.0. The van der Waals surface area contributed by atoms with Crippen LogP contribution in [0.5, 0.6) is 11.5 Å². The predicted molar refractivity (Wildman–Crippen MR) is 115 cm³/mol. The highest BCUT2D eigenvalue weighted by Gasteiger charge is 2.32. The summed E-state index contributed by atoms with van der Waals surface area (Å²) in [6.45, 7) is 1.16. The predicted octanol–water partition coefficient (Wildman–Crippen LogP) is 3.62. The van der Waals surface area contributed by atoms with Crippen LogP contribution in [0.1, 0.15) is 68.1 Å². The minimum atomic E-state index is -0.00534. The summed E-state index contributed by atoms with van der Waals surface area (Å²) in [4.78, 5) is 31.5. The molecule has 1 atom stereocenters. The zero-order valence-corrected chi connectivity index (χ0v) is 17.7. The topological polar surface area (TPSA) is 80.2 Å². The third kappa shape index (κ3) is 4.60. The SMILES string of the molecule is COc1cc2c(cc1OCCCC(=O)NC1CCCCC1)N=C[C@@H]1CCCN1C2=O. The van der Waals surface area contributed by atoms with Crippen LogP contribution in [-0.4, -0.2) is 55.3 Å². The fourth-order valence-corrected chi connectivity index (χ4v) is 4.58. The van der Waals surface area contributed by atoms with E-state index in [1.54, 1.807) is 19.2 Å². The van der Waals surface area contributed by atoms with Gasteiger partial charge in [0.05, 0.1) is 31.0 Å². The Balaban J connectivity index is 1.35. The van der Waals surface area contributed by atoms with Crippen molar-refractivity contribution >= 4 is 23.7 Å². The van der Waals surface area contributed by atoms with Gasteiger partial charge in [-0.3, -0.25) is 14.6 Å². The molecule has 1 N–H and O–H groups in total. The number of ether oxygens (including phenoxy) is 2. The fourth-order valence-electron chi connectivity index (χ4n) is 4.58. The number of carbonyl (C=O) groups excluding carboxylic acids is 2. The van der Waals surface area contributed by atoms with E-state index in [1.165, 1.54) is 19.3 Å². The lowest BCUT2D eigenvalue weighted by Crippen LogP contribution is -2.36. The Kier molecular flexibility index (Phi) is 6.55. The van der Waals surface area contributed by atoms with Crippen molar-refractivity contribution in [1.29, 1.82) is 0 Å². The second-order valence-electron chi connectivity index (χ2n) is 8.36. The fraction of sp³-hybridized carbons (Fsp3) is 0.609. The Morgan fingerprint density at radius 2 is 2.00 bits per heavy atom. The van der Waals surface area contributed by atoms with Gasteiger partial charge in [-0.2, -0.15) is 0 Å². The van der Waals surface area contributed by atoms with Crippen LogP contribution in [0.3, 0.4) is 0 Å². The maximum atomic E-state index is 12.9. The van der Waals surface area contributed by atoms with Gasteiger partial charge < -0.3 is 19.7 Å². The summed E-state index contributed by atoms with van der Waals surface area (Å²) in [5.41, 5.74) is 1.16. The molecule has 1 saturated heterocycles. The molecule has 1 aromatic rings. The molecule has 2 fully saturated rings. The van der Waals surface area contributed by atoms with Crippen molar-refractivity contribution in [1.82, 2.24) is 10.2 Å².